The fraction of sp³-hybridized carbons (Fsp3) is 0.667. The molecule has 0 aromatic heterocycles. The van der Waals surface area contributed by atoms with E-state index < -0.39 is 0 Å². The molecule has 3 heterocycles. The lowest BCUT2D eigenvalue weighted by atomic mass is 9.96. The van der Waals surface area contributed by atoms with E-state index in [4.69, 9.17) is 0 Å². The van der Waals surface area contributed by atoms with Crippen LogP contribution in [0.15, 0.2) is 16.8 Å². The van der Waals surface area contributed by atoms with Gasteiger partial charge in [0.2, 0.25) is 0 Å². The van der Waals surface area contributed by atoms with Crippen LogP contribution in [0.5, 0.6) is 0 Å². The Hall–Kier alpha value is -1.44. The number of nitrogens with zero attached hydrogens (tertiary/aromatic N) is 2. The van der Waals surface area contributed by atoms with Crippen LogP contribution in [0.1, 0.15) is 12.8 Å². The first kappa shape index (κ1) is 12.6. The highest BCUT2D eigenvalue weighted by Crippen LogP contribution is 2.21. The zero-order valence-electron chi connectivity index (χ0n) is 10.7. The van der Waals surface area contributed by atoms with Gasteiger partial charge in [0.05, 0.1) is 6.10 Å². The molecular formula is C12H19N5O2. The average Bonchev–Trinajstić information content (AvgIpc) is 2.85. The number of aliphatic hydroxyl groups excluding tert-OH is 1. The van der Waals surface area contributed by atoms with E-state index in [1.165, 1.54) is 0 Å². The number of piperidine rings is 1. The number of hydrazine groups is 2. The van der Waals surface area contributed by atoms with E-state index in [0.29, 0.717) is 32.5 Å². The predicted octanol–water partition coefficient (Wildman–Crippen LogP) is -1.46. The monoisotopic (exact) mass is 265 g/mol. The Morgan fingerprint density at radius 3 is 3.05 bits per heavy atom. The minimum absolute atomic E-state index is 0.0469. The molecule has 2 fully saturated rings. The quantitative estimate of drug-likeness (QED) is 0.490. The Morgan fingerprint density at radius 1 is 1.47 bits per heavy atom. The molecule has 7 heteroatoms. The summed E-state index contributed by atoms with van der Waals surface area (Å²) in [7, 11) is 0. The van der Waals surface area contributed by atoms with Crippen LogP contribution < -0.4 is 16.3 Å². The third-order valence-corrected chi connectivity index (χ3v) is 3.85. The number of dihydropyridines is 1. The fourth-order valence-corrected chi connectivity index (χ4v) is 2.66. The van der Waals surface area contributed by atoms with Gasteiger partial charge in [-0.3, -0.25) is 15.2 Å². The summed E-state index contributed by atoms with van der Waals surface area (Å²) < 4.78 is 0. The van der Waals surface area contributed by atoms with Crippen molar-refractivity contribution < 1.29 is 9.90 Å². The number of carbonyl (C=O) groups excluding carboxylic acids is 1. The van der Waals surface area contributed by atoms with Crippen molar-refractivity contribution in [3.63, 3.8) is 0 Å². The lowest BCUT2D eigenvalue weighted by Gasteiger charge is -2.31. The molecule has 3 rings (SSSR count). The molecule has 0 aliphatic carbocycles. The van der Waals surface area contributed by atoms with Gasteiger partial charge in [-0.1, -0.05) is 0 Å². The molecule has 2 atom stereocenters. The van der Waals surface area contributed by atoms with Gasteiger partial charge in [-0.25, -0.2) is 10.4 Å². The van der Waals surface area contributed by atoms with E-state index >= 15 is 0 Å². The van der Waals surface area contributed by atoms with Crippen molar-refractivity contribution >= 4 is 12.1 Å². The predicted molar refractivity (Wildman–Crippen MR) is 69.9 cm³/mol. The Morgan fingerprint density at radius 2 is 2.26 bits per heavy atom. The Balaban J connectivity index is 1.56. The van der Waals surface area contributed by atoms with Crippen LogP contribution in [0.25, 0.3) is 0 Å². The summed E-state index contributed by atoms with van der Waals surface area (Å²) in [5, 5.41) is 11.3. The van der Waals surface area contributed by atoms with Crippen molar-refractivity contribution in [2.45, 2.75) is 25.0 Å². The minimum Gasteiger partial charge on any atom is -0.393 e. The lowest BCUT2D eigenvalue weighted by molar-refractivity contribution is -0.129. The molecule has 19 heavy (non-hydrogen) atoms. The van der Waals surface area contributed by atoms with Gasteiger partial charge < -0.3 is 10.5 Å². The molecule has 2 unspecified atom stereocenters. The molecule has 0 aromatic carbocycles. The first-order valence-electron chi connectivity index (χ1n) is 6.69. The summed E-state index contributed by atoms with van der Waals surface area (Å²) in [6.07, 6.45) is 4.82. The van der Waals surface area contributed by atoms with Crippen molar-refractivity contribution in [3.05, 3.63) is 11.8 Å². The summed E-state index contributed by atoms with van der Waals surface area (Å²) in [5.74, 6) is 0.0368. The van der Waals surface area contributed by atoms with Crippen molar-refractivity contribution in [2.24, 2.45) is 10.9 Å². The second-order valence-electron chi connectivity index (χ2n) is 5.18. The average molecular weight is 265 g/mol. The number of aliphatic imine (C=N–C) groups is 1. The molecule has 7 nitrogen and oxygen atoms in total. The highest BCUT2D eigenvalue weighted by atomic mass is 16.3. The van der Waals surface area contributed by atoms with E-state index in [2.05, 4.69) is 21.3 Å². The standard InChI is InChI=1S/C12H19N5O2/c18-8-2-5-17(6-3-8)16-12(19)11-9-7-13-4-1-10(9)14-15-11/h1,4,8-9,11,14-15,18H,2-3,5-7H2,(H,16,19). The molecule has 0 radical (unpaired) electrons. The number of aliphatic hydroxyl groups is 1. The van der Waals surface area contributed by atoms with E-state index in [9.17, 15) is 9.90 Å². The topological polar surface area (TPSA) is 89.0 Å². The fourth-order valence-electron chi connectivity index (χ4n) is 2.66. The molecule has 104 valence electrons. The molecule has 4 N–H and O–H groups in total. The summed E-state index contributed by atoms with van der Waals surface area (Å²) >= 11 is 0. The molecule has 0 spiro atoms. The van der Waals surface area contributed by atoms with Crippen molar-refractivity contribution in [2.75, 3.05) is 19.6 Å². The van der Waals surface area contributed by atoms with Gasteiger partial charge >= 0.3 is 0 Å². The zero-order valence-corrected chi connectivity index (χ0v) is 10.7. The number of carbonyl (C=O) groups is 1. The lowest BCUT2D eigenvalue weighted by Crippen LogP contribution is -2.54. The van der Waals surface area contributed by atoms with Crippen LogP contribution in [0, 0.1) is 5.92 Å². The first-order chi connectivity index (χ1) is 9.24. The van der Waals surface area contributed by atoms with Gasteiger partial charge in [0.25, 0.3) is 5.91 Å². The van der Waals surface area contributed by atoms with Gasteiger partial charge in [-0.15, -0.1) is 0 Å². The molecule has 0 bridgehead atoms. The third-order valence-electron chi connectivity index (χ3n) is 3.85. The Bertz CT molecular complexity index is 414. The van der Waals surface area contributed by atoms with E-state index in [0.717, 1.165) is 5.70 Å². The molecule has 0 saturated carbocycles. The first-order valence-corrected chi connectivity index (χ1v) is 6.69. The van der Waals surface area contributed by atoms with E-state index in [-0.39, 0.29) is 24.0 Å². The maximum absolute atomic E-state index is 12.3. The van der Waals surface area contributed by atoms with Gasteiger partial charge in [0.15, 0.2) is 0 Å². The van der Waals surface area contributed by atoms with E-state index in [1.54, 1.807) is 6.21 Å². The minimum atomic E-state index is -0.296. The summed E-state index contributed by atoms with van der Waals surface area (Å²) in [4.78, 5) is 16.5. The van der Waals surface area contributed by atoms with Crippen LogP contribution in [0.3, 0.4) is 0 Å². The second kappa shape index (κ2) is 5.28. The summed E-state index contributed by atoms with van der Waals surface area (Å²) in [6, 6.07) is -0.296. The molecule has 2 saturated heterocycles. The Kier molecular flexibility index (Phi) is 3.50. The van der Waals surface area contributed by atoms with Crippen LogP contribution in [0.4, 0.5) is 0 Å². The third kappa shape index (κ3) is 2.63. The van der Waals surface area contributed by atoms with Crippen molar-refractivity contribution in [3.8, 4) is 0 Å². The van der Waals surface area contributed by atoms with E-state index in [1.807, 2.05) is 11.1 Å². The normalized spacial score (nSPS) is 31.5. The smallest absolute Gasteiger partial charge is 0.253 e. The maximum Gasteiger partial charge on any atom is 0.253 e. The molecule has 3 aliphatic heterocycles. The largest absolute Gasteiger partial charge is 0.393 e. The van der Waals surface area contributed by atoms with Gasteiger partial charge in [-0.2, -0.15) is 0 Å². The molecular weight excluding hydrogens is 246 g/mol. The number of rotatable bonds is 2. The number of amides is 1. The number of fused-ring (bicyclic) bond motifs is 1. The SMILES string of the molecule is O=C(NN1CCC(O)CC1)C1NNC2=CC=NCC21. The number of hydrogen-bond acceptors (Lipinski definition) is 6. The highest BCUT2D eigenvalue weighted by molar-refractivity contribution is 5.84. The van der Waals surface area contributed by atoms with Crippen LogP contribution in [-0.2, 0) is 4.79 Å². The zero-order chi connectivity index (χ0) is 13.2. The number of hydrogen-bond donors (Lipinski definition) is 4. The van der Waals surface area contributed by atoms with Crippen LogP contribution in [0.2, 0.25) is 0 Å². The number of allylic oxidation sites excluding steroid dienone is 1. The molecule has 3 aliphatic rings. The molecule has 0 aromatic rings. The van der Waals surface area contributed by atoms with Crippen LogP contribution in [-0.4, -0.2) is 54.0 Å². The van der Waals surface area contributed by atoms with Gasteiger partial charge in [0.1, 0.15) is 6.04 Å². The second-order valence-corrected chi connectivity index (χ2v) is 5.18. The van der Waals surface area contributed by atoms with Gasteiger partial charge in [-0.05, 0) is 18.9 Å². The summed E-state index contributed by atoms with van der Waals surface area (Å²) in [6.45, 7) is 2.01. The molecule has 1 amide bonds. The number of nitrogens with one attached hydrogen (secondary N) is 3. The van der Waals surface area contributed by atoms with Gasteiger partial charge in [0, 0.05) is 37.5 Å². The maximum atomic E-state index is 12.3. The van der Waals surface area contributed by atoms with Crippen molar-refractivity contribution in [1.82, 2.24) is 21.3 Å². The van der Waals surface area contributed by atoms with Crippen molar-refractivity contribution in [1.29, 1.82) is 0 Å². The summed E-state index contributed by atoms with van der Waals surface area (Å²) in [5.41, 5.74) is 9.98. The van der Waals surface area contributed by atoms with Crippen LogP contribution >= 0.6 is 0 Å². The highest BCUT2D eigenvalue weighted by Gasteiger charge is 2.37. The Labute approximate surface area is 111 Å².